The molecule has 2 rings (SSSR count). The largest absolute Gasteiger partial charge is 0.392 e. The van der Waals surface area contributed by atoms with Crippen molar-refractivity contribution < 1.29 is 13.9 Å². The van der Waals surface area contributed by atoms with Crippen LogP contribution in [0.2, 0.25) is 0 Å². The number of hydrogen-bond donors (Lipinski definition) is 1. The number of nitrogens with zero attached hydrogens (tertiary/aromatic N) is 1. The van der Waals surface area contributed by atoms with Crippen LogP contribution in [0.25, 0.3) is 0 Å². The van der Waals surface area contributed by atoms with Gasteiger partial charge in [-0.05, 0) is 39.7 Å². The summed E-state index contributed by atoms with van der Waals surface area (Å²) in [6.45, 7) is 0. The van der Waals surface area contributed by atoms with Crippen molar-refractivity contribution in [1.29, 1.82) is 0 Å². The number of halogens is 3. The van der Waals surface area contributed by atoms with Crippen LogP contribution in [-0.4, -0.2) is 16.2 Å². The molecule has 100 valence electrons. The van der Waals surface area contributed by atoms with Gasteiger partial charge in [-0.15, -0.1) is 0 Å². The van der Waals surface area contributed by atoms with Crippen LogP contribution < -0.4 is 0 Å². The Bertz CT molecular complexity index is 560. The van der Waals surface area contributed by atoms with Gasteiger partial charge in [-0.3, -0.25) is 4.98 Å². The normalized spacial score (nSPS) is 12.4. The Kier molecular flexibility index (Phi) is 4.61. The van der Waals surface area contributed by atoms with E-state index >= 15 is 0 Å². The summed E-state index contributed by atoms with van der Waals surface area (Å²) < 4.78 is 27.0. The van der Waals surface area contributed by atoms with E-state index in [9.17, 15) is 13.9 Å². The minimum absolute atomic E-state index is 0.129. The van der Waals surface area contributed by atoms with E-state index in [0.29, 0.717) is 12.0 Å². The van der Waals surface area contributed by atoms with E-state index in [1.165, 1.54) is 12.1 Å². The Morgan fingerprint density at radius 1 is 1.16 bits per heavy atom. The quantitative estimate of drug-likeness (QED) is 0.934. The highest BCUT2D eigenvalue weighted by Gasteiger charge is 2.11. The van der Waals surface area contributed by atoms with E-state index in [-0.39, 0.29) is 6.42 Å². The second-order valence-electron chi connectivity index (χ2n) is 4.27. The lowest BCUT2D eigenvalue weighted by Gasteiger charge is -2.11. The molecule has 5 heteroatoms. The Morgan fingerprint density at radius 3 is 2.58 bits per heavy atom. The third kappa shape index (κ3) is 4.08. The van der Waals surface area contributed by atoms with Crippen molar-refractivity contribution in [3.05, 3.63) is 63.9 Å². The van der Waals surface area contributed by atoms with Gasteiger partial charge in [0.2, 0.25) is 0 Å². The van der Waals surface area contributed by atoms with Gasteiger partial charge in [-0.2, -0.15) is 0 Å². The fraction of sp³-hybridized carbons (Fsp3) is 0.214. The van der Waals surface area contributed by atoms with Crippen molar-refractivity contribution in [1.82, 2.24) is 4.98 Å². The van der Waals surface area contributed by atoms with Gasteiger partial charge in [0, 0.05) is 35.3 Å². The van der Waals surface area contributed by atoms with E-state index in [2.05, 4.69) is 20.9 Å². The Morgan fingerprint density at radius 2 is 1.95 bits per heavy atom. The lowest BCUT2D eigenvalue weighted by molar-refractivity contribution is 0.173. The average molecular weight is 328 g/mol. The molecule has 0 saturated carbocycles. The van der Waals surface area contributed by atoms with Crippen LogP contribution in [0.4, 0.5) is 8.78 Å². The van der Waals surface area contributed by atoms with Gasteiger partial charge in [-0.25, -0.2) is 8.78 Å². The van der Waals surface area contributed by atoms with Crippen LogP contribution >= 0.6 is 15.9 Å². The molecule has 1 unspecified atom stereocenters. The highest BCUT2D eigenvalue weighted by molar-refractivity contribution is 9.10. The Labute approximate surface area is 118 Å². The molecule has 0 bridgehead atoms. The highest BCUT2D eigenvalue weighted by atomic mass is 79.9. The molecule has 1 atom stereocenters. The average Bonchev–Trinajstić information content (AvgIpc) is 2.36. The standard InChI is InChI=1S/C14H12BrF2NO/c15-10-2-4-12(18-8-10)7-13(19)5-9-1-3-11(16)6-14(9)17/h1-4,6,8,13,19H,5,7H2. The van der Waals surface area contributed by atoms with Gasteiger partial charge >= 0.3 is 0 Å². The molecule has 0 amide bonds. The molecule has 0 aliphatic heterocycles. The molecular weight excluding hydrogens is 316 g/mol. The summed E-state index contributed by atoms with van der Waals surface area (Å²) in [4.78, 5) is 4.14. The lowest BCUT2D eigenvalue weighted by Crippen LogP contribution is -2.15. The van der Waals surface area contributed by atoms with E-state index in [1.54, 1.807) is 12.3 Å². The number of hydrogen-bond acceptors (Lipinski definition) is 2. The van der Waals surface area contributed by atoms with Crippen LogP contribution in [0.1, 0.15) is 11.3 Å². The molecule has 2 aromatic rings. The van der Waals surface area contributed by atoms with Crippen molar-refractivity contribution in [2.24, 2.45) is 0 Å². The first kappa shape index (κ1) is 14.1. The zero-order valence-corrected chi connectivity index (χ0v) is 11.6. The molecule has 0 aliphatic carbocycles. The van der Waals surface area contributed by atoms with E-state index < -0.39 is 17.7 Å². The van der Waals surface area contributed by atoms with E-state index in [0.717, 1.165) is 16.2 Å². The van der Waals surface area contributed by atoms with E-state index in [4.69, 9.17) is 0 Å². The first-order chi connectivity index (χ1) is 9.04. The lowest BCUT2D eigenvalue weighted by atomic mass is 10.0. The summed E-state index contributed by atoms with van der Waals surface area (Å²) in [6.07, 6.45) is 1.34. The molecule has 1 N–H and O–H groups in total. The zero-order valence-electron chi connectivity index (χ0n) is 9.98. The second kappa shape index (κ2) is 6.21. The van der Waals surface area contributed by atoms with Crippen LogP contribution in [0.3, 0.4) is 0 Å². The number of rotatable bonds is 4. The van der Waals surface area contributed by atoms with Crippen molar-refractivity contribution in [2.45, 2.75) is 18.9 Å². The maximum Gasteiger partial charge on any atom is 0.129 e. The first-order valence-electron chi connectivity index (χ1n) is 5.77. The summed E-state index contributed by atoms with van der Waals surface area (Å²) in [5.41, 5.74) is 1.02. The highest BCUT2D eigenvalue weighted by Crippen LogP contribution is 2.14. The molecule has 1 aromatic carbocycles. The summed E-state index contributed by atoms with van der Waals surface area (Å²) in [5.74, 6) is -1.26. The maximum atomic E-state index is 13.4. The molecule has 0 fully saturated rings. The van der Waals surface area contributed by atoms with E-state index in [1.807, 2.05) is 6.07 Å². The minimum atomic E-state index is -0.756. The Hall–Kier alpha value is -1.33. The molecule has 1 aromatic heterocycles. The monoisotopic (exact) mass is 327 g/mol. The third-order valence-corrected chi connectivity index (χ3v) is 3.17. The molecular formula is C14H12BrF2NO. The molecule has 0 saturated heterocycles. The van der Waals surface area contributed by atoms with Crippen molar-refractivity contribution >= 4 is 15.9 Å². The second-order valence-corrected chi connectivity index (χ2v) is 5.18. The molecule has 0 radical (unpaired) electrons. The summed E-state index contributed by atoms with van der Waals surface area (Å²) >= 11 is 3.27. The summed E-state index contributed by atoms with van der Waals surface area (Å²) in [6, 6.07) is 6.97. The van der Waals surface area contributed by atoms with Crippen LogP contribution in [0.5, 0.6) is 0 Å². The van der Waals surface area contributed by atoms with Crippen LogP contribution in [0, 0.1) is 11.6 Å². The molecule has 2 nitrogen and oxygen atoms in total. The van der Waals surface area contributed by atoms with Gasteiger partial charge in [0.15, 0.2) is 0 Å². The van der Waals surface area contributed by atoms with Gasteiger partial charge in [0.05, 0.1) is 6.10 Å². The molecule has 1 heterocycles. The number of benzene rings is 1. The summed E-state index contributed by atoms with van der Waals surface area (Å²) in [7, 11) is 0. The Balaban J connectivity index is 2.01. The zero-order chi connectivity index (χ0) is 13.8. The fourth-order valence-electron chi connectivity index (χ4n) is 1.78. The minimum Gasteiger partial charge on any atom is -0.392 e. The first-order valence-corrected chi connectivity index (χ1v) is 6.56. The molecule has 0 aliphatic rings. The van der Waals surface area contributed by atoms with Gasteiger partial charge in [0.25, 0.3) is 0 Å². The smallest absolute Gasteiger partial charge is 0.129 e. The van der Waals surface area contributed by atoms with Gasteiger partial charge in [-0.1, -0.05) is 6.07 Å². The predicted molar refractivity (Wildman–Crippen MR) is 71.7 cm³/mol. The van der Waals surface area contributed by atoms with Gasteiger partial charge < -0.3 is 5.11 Å². The van der Waals surface area contributed by atoms with Crippen molar-refractivity contribution in [2.75, 3.05) is 0 Å². The maximum absolute atomic E-state index is 13.4. The van der Waals surface area contributed by atoms with Crippen molar-refractivity contribution in [3.63, 3.8) is 0 Å². The predicted octanol–water partition coefficient (Wildman–Crippen LogP) is 3.27. The topological polar surface area (TPSA) is 33.1 Å². The third-order valence-electron chi connectivity index (χ3n) is 2.70. The SMILES string of the molecule is OC(Cc1ccc(Br)cn1)Cc1ccc(F)cc1F. The van der Waals surface area contributed by atoms with Gasteiger partial charge in [0.1, 0.15) is 11.6 Å². The van der Waals surface area contributed by atoms with Crippen LogP contribution in [0.15, 0.2) is 41.0 Å². The number of aliphatic hydroxyl groups excluding tert-OH is 1. The number of aliphatic hydroxyl groups is 1. The summed E-state index contributed by atoms with van der Waals surface area (Å²) in [5, 5.41) is 9.91. The molecule has 0 spiro atoms. The molecule has 19 heavy (non-hydrogen) atoms. The van der Waals surface area contributed by atoms with Crippen molar-refractivity contribution in [3.8, 4) is 0 Å². The number of pyridine rings is 1. The fourth-order valence-corrected chi connectivity index (χ4v) is 2.02. The number of aromatic nitrogens is 1. The van der Waals surface area contributed by atoms with Crippen LogP contribution in [-0.2, 0) is 12.8 Å².